The first-order chi connectivity index (χ1) is 41.1. The predicted octanol–water partition coefficient (Wildman–Crippen LogP) is 10.5. The third-order valence-corrected chi connectivity index (χ3v) is 23.8. The third-order valence-electron chi connectivity index (χ3n) is 14.8. The molecule has 358 valence electrons. The summed E-state index contributed by atoms with van der Waals surface area (Å²) >= 11 is 0. The fourth-order valence-electron chi connectivity index (χ4n) is 11.6. The second kappa shape index (κ2) is 18.7. The van der Waals surface area contributed by atoms with Gasteiger partial charge in [0.25, 0.3) is 0 Å². The van der Waals surface area contributed by atoms with Crippen molar-refractivity contribution in [3.63, 3.8) is 0 Å². The van der Waals surface area contributed by atoms with Crippen LogP contribution in [-0.2, 0) is 0 Å². The Hall–Kier alpha value is -9.54. The van der Waals surface area contributed by atoms with Crippen LogP contribution in [0.5, 0.6) is 0 Å². The second-order valence-electron chi connectivity index (χ2n) is 18.8. The summed E-state index contributed by atoms with van der Waals surface area (Å²) in [5.41, 5.74) is 3.24. The van der Waals surface area contributed by atoms with E-state index >= 15 is 0 Å². The molecule has 3 aromatic heterocycles. The van der Waals surface area contributed by atoms with Crippen LogP contribution in [0.3, 0.4) is 0 Å². The quantitative estimate of drug-likeness (QED) is 0.0958. The van der Waals surface area contributed by atoms with Crippen LogP contribution in [0, 0.1) is 0 Å². The lowest BCUT2D eigenvalue weighted by Crippen LogP contribution is -2.78. The smallest absolute Gasteiger partial charge is 0.240 e. The third kappa shape index (κ3) is 7.16. The molecule has 0 N–H and O–H groups in total. The molecule has 0 aliphatic rings. The Labute approximate surface area is 454 Å². The van der Waals surface area contributed by atoms with Crippen LogP contribution in [0.25, 0.3) is 66.9 Å². The molecule has 0 radical (unpaired) electrons. The van der Waals surface area contributed by atoms with Gasteiger partial charge in [0.05, 0.1) is 33.0 Å². The predicted molar refractivity (Wildman–Crippen MR) is 321 cm³/mol. The van der Waals surface area contributed by atoms with E-state index in [2.05, 4.69) is 60.7 Å². The Balaban J connectivity index is 1.26. The Kier molecular flexibility index (Phi) is 9.18. The molecular weight excluding hydrogens is 955 g/mol. The number of hydrogen-bond acceptors (Lipinski definition) is 3. The van der Waals surface area contributed by atoms with Crippen molar-refractivity contribution < 1.29 is 11.0 Å². The average Bonchev–Trinajstić information content (AvgIpc) is 1.11. The molecule has 0 saturated carbocycles. The molecule has 0 bridgehead atoms. The maximum atomic E-state index is 11.5. The van der Waals surface area contributed by atoms with Crippen LogP contribution in [0.2, 0.25) is 0 Å². The highest BCUT2D eigenvalue weighted by molar-refractivity contribution is 7.22. The zero-order valence-electron chi connectivity index (χ0n) is 48.9. The van der Waals surface area contributed by atoms with Crippen LogP contribution in [0.15, 0.2) is 297 Å². The fraction of sp³-hybridized carbons (Fsp3) is 0. The van der Waals surface area contributed by atoms with Gasteiger partial charge in [0.15, 0.2) is 22.0 Å². The minimum absolute atomic E-state index is 0.0155. The van der Waals surface area contributed by atoms with Crippen molar-refractivity contribution in [3.05, 3.63) is 297 Å². The van der Waals surface area contributed by atoms with Crippen LogP contribution < -0.4 is 41.5 Å². The highest BCUT2D eigenvalue weighted by atomic mass is 28.3. The van der Waals surface area contributed by atoms with Crippen molar-refractivity contribution in [2.75, 3.05) is 0 Å². The number of aromatic nitrogens is 5. The molecule has 11 aromatic carbocycles. The SMILES string of the molecule is [2H]c1c([2H])c([2H])c([Si](c2ccccc2)(c2ccccc2)c2c([2H])c(-c3nc(-n4c5ccccc5c5ccccc54)nc(-n4c5ccccc5c5ccccc54)n3)c([2H])c([Si](c3ccccc3)(c3ccccc3)c3ccccc3)c2[2H])c([2H])c1[2H]. The molecule has 0 saturated heterocycles. The molecular formula is C69H49N5Si2. The monoisotopic (exact) mass is 1010 g/mol. The molecule has 5 nitrogen and oxygen atoms in total. The van der Waals surface area contributed by atoms with E-state index in [9.17, 15) is 9.60 Å². The first-order valence-corrected chi connectivity index (χ1v) is 29.3. The lowest BCUT2D eigenvalue weighted by atomic mass is 10.2. The highest BCUT2D eigenvalue weighted by Crippen LogP contribution is 2.34. The van der Waals surface area contributed by atoms with Gasteiger partial charge in [0.1, 0.15) is 0 Å². The highest BCUT2D eigenvalue weighted by Gasteiger charge is 2.46. The van der Waals surface area contributed by atoms with Crippen LogP contribution in [0.4, 0.5) is 0 Å². The molecule has 7 heteroatoms. The zero-order valence-corrected chi connectivity index (χ0v) is 42.9. The van der Waals surface area contributed by atoms with E-state index in [1.54, 1.807) is 0 Å². The van der Waals surface area contributed by atoms with Gasteiger partial charge in [-0.3, -0.25) is 9.13 Å². The van der Waals surface area contributed by atoms with Crippen molar-refractivity contribution in [2.45, 2.75) is 0 Å². The van der Waals surface area contributed by atoms with E-state index in [1.165, 1.54) is 0 Å². The molecule has 0 amide bonds. The number of hydrogen-bond donors (Lipinski definition) is 0. The summed E-state index contributed by atoms with van der Waals surface area (Å²) < 4.78 is 86.0. The summed E-state index contributed by atoms with van der Waals surface area (Å²) in [4.78, 5) is 16.5. The topological polar surface area (TPSA) is 48.5 Å². The summed E-state index contributed by atoms with van der Waals surface area (Å²) in [5.74, 6) is 0.395. The Morgan fingerprint density at radius 3 is 0.895 bits per heavy atom. The van der Waals surface area contributed by atoms with E-state index in [0.29, 0.717) is 15.6 Å². The molecule has 0 aliphatic carbocycles. The normalized spacial score (nSPS) is 13.4. The van der Waals surface area contributed by atoms with Crippen LogP contribution in [-0.4, -0.2) is 40.2 Å². The maximum Gasteiger partial charge on any atom is 0.240 e. The minimum Gasteiger partial charge on any atom is -0.278 e. The van der Waals surface area contributed by atoms with E-state index < -0.39 is 46.4 Å². The van der Waals surface area contributed by atoms with Gasteiger partial charge in [0, 0.05) is 27.1 Å². The van der Waals surface area contributed by atoms with E-state index in [-0.39, 0.29) is 51.8 Å². The first-order valence-electron chi connectivity index (χ1n) is 29.3. The number of fused-ring (bicyclic) bond motifs is 6. The molecule has 14 aromatic rings. The number of para-hydroxylation sites is 4. The zero-order chi connectivity index (χ0) is 57.4. The number of benzene rings is 11. The average molecular weight is 1010 g/mol. The van der Waals surface area contributed by atoms with E-state index in [1.807, 2.05) is 197 Å². The van der Waals surface area contributed by atoms with Crippen LogP contribution >= 0.6 is 0 Å². The van der Waals surface area contributed by atoms with Crippen molar-refractivity contribution >= 4 is 101 Å². The summed E-state index contributed by atoms with van der Waals surface area (Å²) in [6, 6.07) is 77.7. The van der Waals surface area contributed by atoms with Gasteiger partial charge in [0.2, 0.25) is 11.9 Å². The van der Waals surface area contributed by atoms with Gasteiger partial charge in [-0.05, 0) is 65.8 Å². The van der Waals surface area contributed by atoms with E-state index in [4.69, 9.17) is 16.3 Å². The Morgan fingerprint density at radius 1 is 0.276 bits per heavy atom. The Morgan fingerprint density at radius 2 is 0.566 bits per heavy atom. The summed E-state index contributed by atoms with van der Waals surface area (Å²) in [6.07, 6.45) is 0. The van der Waals surface area contributed by atoms with Gasteiger partial charge in [-0.2, -0.15) is 15.0 Å². The number of rotatable bonds is 11. The minimum atomic E-state index is -4.66. The van der Waals surface area contributed by atoms with Gasteiger partial charge in [-0.15, -0.1) is 0 Å². The molecule has 0 spiro atoms. The standard InChI is InChI=1S/C69H49N5Si2/c1-7-27-51(28-8-1)75(52-29-9-2-10-30-52,53-31-11-3-12-32-53)57-47-50(48-58(49-57)76(54-33-13-4-14-34-54,55-35-15-5-16-36-55)56-37-17-6-18-38-56)67-70-68(73-63-43-23-19-39-59(63)60-40-20-24-44-64(60)73)72-69(71-67)74-65-45-25-21-41-61(65)62-42-22-26-46-66(62)74/h1-49H/i1D,7D,8D,27D,28D,47D,48D,49D. The van der Waals surface area contributed by atoms with Gasteiger partial charge in [-0.25, -0.2) is 0 Å². The molecule has 0 fully saturated rings. The number of nitrogens with zero attached hydrogens (tertiary/aromatic N) is 5. The van der Waals surface area contributed by atoms with Crippen LogP contribution in [0.1, 0.15) is 11.0 Å². The van der Waals surface area contributed by atoms with Crippen molar-refractivity contribution in [1.29, 1.82) is 0 Å². The van der Waals surface area contributed by atoms with Gasteiger partial charge >= 0.3 is 0 Å². The second-order valence-corrected chi connectivity index (χ2v) is 26.2. The van der Waals surface area contributed by atoms with E-state index in [0.717, 1.165) is 59.2 Å². The molecule has 0 atom stereocenters. The van der Waals surface area contributed by atoms with Gasteiger partial charge in [-0.1, -0.05) is 273 Å². The largest absolute Gasteiger partial charge is 0.278 e. The molecule has 0 aliphatic heterocycles. The molecule has 76 heavy (non-hydrogen) atoms. The van der Waals surface area contributed by atoms with Crippen molar-refractivity contribution in [3.8, 4) is 23.3 Å². The van der Waals surface area contributed by atoms with Gasteiger partial charge < -0.3 is 0 Å². The lowest BCUT2D eigenvalue weighted by Gasteiger charge is -2.38. The Bertz CT molecular complexity index is 4490. The summed E-state index contributed by atoms with van der Waals surface area (Å²) in [7, 11) is -8.70. The van der Waals surface area contributed by atoms with Crippen molar-refractivity contribution in [2.24, 2.45) is 0 Å². The lowest BCUT2D eigenvalue weighted by molar-refractivity contribution is 0.893. The molecule has 0 unspecified atom stereocenters. The summed E-state index contributed by atoms with van der Waals surface area (Å²) in [5, 5.41) is 7.90. The summed E-state index contributed by atoms with van der Waals surface area (Å²) in [6.45, 7) is 0. The maximum absolute atomic E-state index is 11.5. The first kappa shape index (κ1) is 37.2. The molecule has 3 heterocycles. The fourth-order valence-corrected chi connectivity index (χ4v) is 20.5. The van der Waals surface area contributed by atoms with Crippen molar-refractivity contribution in [1.82, 2.24) is 24.1 Å². The molecule has 14 rings (SSSR count).